The van der Waals surface area contributed by atoms with Crippen molar-refractivity contribution in [3.63, 3.8) is 0 Å². The van der Waals surface area contributed by atoms with E-state index in [0.717, 1.165) is 26.2 Å². The van der Waals surface area contributed by atoms with Crippen molar-refractivity contribution in [2.45, 2.75) is 32.8 Å². The fourth-order valence-corrected chi connectivity index (χ4v) is 1.95. The number of rotatable bonds is 4. The first-order chi connectivity index (χ1) is 7.40. The monoisotopic (exact) mass is 205 g/mol. The molecule has 1 N–H and O–H groups in total. The van der Waals surface area contributed by atoms with Crippen molar-refractivity contribution in [3.8, 4) is 0 Å². The quantitative estimate of drug-likeness (QED) is 0.763. The maximum absolute atomic E-state index is 5.54. The number of hydrogen-bond acceptors (Lipinski definition) is 2. The van der Waals surface area contributed by atoms with Gasteiger partial charge in [-0.25, -0.2) is 0 Å². The number of aryl methyl sites for hydroxylation is 1. The molecule has 0 aliphatic carbocycles. The van der Waals surface area contributed by atoms with Crippen LogP contribution in [-0.2, 0) is 17.8 Å². The van der Waals surface area contributed by atoms with Gasteiger partial charge in [0.25, 0.3) is 0 Å². The summed E-state index contributed by atoms with van der Waals surface area (Å²) in [6.07, 6.45) is 3.53. The minimum Gasteiger partial charge on any atom is -0.385 e. The van der Waals surface area contributed by atoms with Crippen LogP contribution in [-0.4, -0.2) is 13.2 Å². The van der Waals surface area contributed by atoms with Crippen LogP contribution < -0.4 is 5.32 Å². The number of ether oxygens (including phenoxy) is 1. The van der Waals surface area contributed by atoms with Crippen LogP contribution in [0.25, 0.3) is 0 Å². The van der Waals surface area contributed by atoms with Crippen molar-refractivity contribution < 1.29 is 4.74 Å². The topological polar surface area (TPSA) is 21.3 Å². The predicted molar refractivity (Wildman–Crippen MR) is 63.2 cm³/mol. The third kappa shape index (κ3) is 2.72. The third-order valence-corrected chi connectivity index (χ3v) is 2.73. The van der Waals surface area contributed by atoms with Gasteiger partial charge < -0.3 is 10.1 Å². The summed E-state index contributed by atoms with van der Waals surface area (Å²) in [5, 5.41) is 3.42. The summed E-state index contributed by atoms with van der Waals surface area (Å²) in [4.78, 5) is 0. The molecule has 0 saturated carbocycles. The molecule has 0 saturated heterocycles. The molecule has 82 valence electrons. The highest BCUT2D eigenvalue weighted by Crippen LogP contribution is 2.23. The predicted octanol–water partition coefficient (Wildman–Crippen LogP) is 2.97. The molecule has 1 aromatic rings. The molecule has 0 aromatic heterocycles. The van der Waals surface area contributed by atoms with Gasteiger partial charge in [-0.1, -0.05) is 19.1 Å². The van der Waals surface area contributed by atoms with E-state index in [0.29, 0.717) is 0 Å². The first kappa shape index (κ1) is 10.5. The van der Waals surface area contributed by atoms with E-state index < -0.39 is 0 Å². The van der Waals surface area contributed by atoms with Gasteiger partial charge in [-0.05, 0) is 36.5 Å². The SMILES string of the molecule is CCCOCc1ccc2c(c1)CCCN2. The minimum atomic E-state index is 0.751. The van der Waals surface area contributed by atoms with Gasteiger partial charge in [0.15, 0.2) is 0 Å². The third-order valence-electron chi connectivity index (χ3n) is 2.73. The van der Waals surface area contributed by atoms with Crippen molar-refractivity contribution in [3.05, 3.63) is 29.3 Å². The lowest BCUT2D eigenvalue weighted by Gasteiger charge is -2.18. The Kier molecular flexibility index (Phi) is 3.62. The lowest BCUT2D eigenvalue weighted by molar-refractivity contribution is 0.121. The summed E-state index contributed by atoms with van der Waals surface area (Å²) in [6.45, 7) is 4.85. The van der Waals surface area contributed by atoms with E-state index in [1.165, 1.54) is 29.7 Å². The number of hydrogen-bond donors (Lipinski definition) is 1. The van der Waals surface area contributed by atoms with Crippen LogP contribution in [0.3, 0.4) is 0 Å². The highest BCUT2D eigenvalue weighted by atomic mass is 16.5. The van der Waals surface area contributed by atoms with Gasteiger partial charge in [-0.2, -0.15) is 0 Å². The van der Waals surface area contributed by atoms with Gasteiger partial charge in [-0.3, -0.25) is 0 Å². The van der Waals surface area contributed by atoms with Crippen LogP contribution in [0.5, 0.6) is 0 Å². The summed E-state index contributed by atoms with van der Waals surface area (Å²) < 4.78 is 5.54. The number of anilines is 1. The lowest BCUT2D eigenvalue weighted by Crippen LogP contribution is -2.11. The maximum atomic E-state index is 5.54. The van der Waals surface area contributed by atoms with Gasteiger partial charge in [0.1, 0.15) is 0 Å². The summed E-state index contributed by atoms with van der Waals surface area (Å²) in [6, 6.07) is 6.61. The Morgan fingerprint density at radius 1 is 1.40 bits per heavy atom. The van der Waals surface area contributed by atoms with E-state index >= 15 is 0 Å². The second-order valence-electron chi connectivity index (χ2n) is 4.07. The van der Waals surface area contributed by atoms with E-state index in [1.54, 1.807) is 0 Å². The number of nitrogens with one attached hydrogen (secondary N) is 1. The molecular weight excluding hydrogens is 186 g/mol. The summed E-state index contributed by atoms with van der Waals surface area (Å²) >= 11 is 0. The zero-order chi connectivity index (χ0) is 10.5. The minimum absolute atomic E-state index is 0.751. The Labute approximate surface area is 91.6 Å². The molecule has 2 rings (SSSR count). The lowest BCUT2D eigenvalue weighted by atomic mass is 10.0. The van der Waals surface area contributed by atoms with Crippen molar-refractivity contribution >= 4 is 5.69 Å². The van der Waals surface area contributed by atoms with Crippen LogP contribution >= 0.6 is 0 Å². The van der Waals surface area contributed by atoms with Gasteiger partial charge in [0.05, 0.1) is 6.61 Å². The molecule has 0 unspecified atom stereocenters. The highest BCUT2D eigenvalue weighted by Gasteiger charge is 2.08. The number of fused-ring (bicyclic) bond motifs is 1. The maximum Gasteiger partial charge on any atom is 0.0716 e. The largest absolute Gasteiger partial charge is 0.385 e. The zero-order valence-electron chi connectivity index (χ0n) is 9.38. The Hall–Kier alpha value is -1.02. The average molecular weight is 205 g/mol. The van der Waals surface area contributed by atoms with Gasteiger partial charge in [-0.15, -0.1) is 0 Å². The van der Waals surface area contributed by atoms with E-state index in [1.807, 2.05) is 0 Å². The van der Waals surface area contributed by atoms with Crippen molar-refractivity contribution in [2.75, 3.05) is 18.5 Å². The molecule has 0 spiro atoms. The Bertz CT molecular complexity index is 322. The fraction of sp³-hybridized carbons (Fsp3) is 0.538. The number of benzene rings is 1. The van der Waals surface area contributed by atoms with Gasteiger partial charge >= 0.3 is 0 Å². The molecule has 15 heavy (non-hydrogen) atoms. The van der Waals surface area contributed by atoms with Gasteiger partial charge in [0.2, 0.25) is 0 Å². The van der Waals surface area contributed by atoms with Crippen molar-refractivity contribution in [2.24, 2.45) is 0 Å². The van der Waals surface area contributed by atoms with Gasteiger partial charge in [0, 0.05) is 18.8 Å². The first-order valence-corrected chi connectivity index (χ1v) is 5.83. The van der Waals surface area contributed by atoms with Crippen LogP contribution in [0, 0.1) is 0 Å². The van der Waals surface area contributed by atoms with Crippen LogP contribution in [0.15, 0.2) is 18.2 Å². The molecule has 0 atom stereocenters. The van der Waals surface area contributed by atoms with E-state index in [4.69, 9.17) is 4.74 Å². The summed E-state index contributed by atoms with van der Waals surface area (Å²) in [5.74, 6) is 0. The molecule has 1 aliphatic rings. The molecule has 2 heteroatoms. The highest BCUT2D eigenvalue weighted by molar-refractivity contribution is 5.54. The summed E-state index contributed by atoms with van der Waals surface area (Å²) in [7, 11) is 0. The van der Waals surface area contributed by atoms with Crippen molar-refractivity contribution in [1.82, 2.24) is 0 Å². The van der Waals surface area contributed by atoms with Crippen LogP contribution in [0.1, 0.15) is 30.9 Å². The van der Waals surface area contributed by atoms with E-state index in [9.17, 15) is 0 Å². The molecule has 0 radical (unpaired) electrons. The van der Waals surface area contributed by atoms with E-state index in [2.05, 4.69) is 30.4 Å². The molecule has 1 aliphatic heterocycles. The second kappa shape index (κ2) is 5.17. The molecule has 1 heterocycles. The summed E-state index contributed by atoms with van der Waals surface area (Å²) in [5.41, 5.74) is 4.05. The van der Waals surface area contributed by atoms with Crippen molar-refractivity contribution in [1.29, 1.82) is 0 Å². The van der Waals surface area contributed by atoms with Crippen LogP contribution in [0.2, 0.25) is 0 Å². The second-order valence-corrected chi connectivity index (χ2v) is 4.07. The molecular formula is C13H19NO. The molecule has 0 amide bonds. The average Bonchev–Trinajstić information content (AvgIpc) is 2.29. The smallest absolute Gasteiger partial charge is 0.0716 e. The fourth-order valence-electron chi connectivity index (χ4n) is 1.95. The molecule has 1 aromatic carbocycles. The molecule has 0 bridgehead atoms. The molecule has 0 fully saturated rings. The standard InChI is InChI=1S/C13H19NO/c1-2-8-15-10-11-5-6-13-12(9-11)4-3-7-14-13/h5-6,9,14H,2-4,7-8,10H2,1H3. The Morgan fingerprint density at radius 2 is 2.33 bits per heavy atom. The van der Waals surface area contributed by atoms with Crippen LogP contribution in [0.4, 0.5) is 5.69 Å². The normalized spacial score (nSPS) is 14.5. The Balaban J connectivity index is 2.00. The molecule has 2 nitrogen and oxygen atoms in total. The van der Waals surface area contributed by atoms with E-state index in [-0.39, 0.29) is 0 Å². The zero-order valence-corrected chi connectivity index (χ0v) is 9.38. The first-order valence-electron chi connectivity index (χ1n) is 5.83. The Morgan fingerprint density at radius 3 is 3.20 bits per heavy atom.